The summed E-state index contributed by atoms with van der Waals surface area (Å²) in [5.41, 5.74) is 1.01. The molecule has 0 spiro atoms. The summed E-state index contributed by atoms with van der Waals surface area (Å²) >= 11 is 1.75. The number of hydrogen-bond donors (Lipinski definition) is 0. The van der Waals surface area contributed by atoms with Crippen molar-refractivity contribution in [1.82, 2.24) is 9.21 Å². The minimum Gasteiger partial charge on any atom is -0.379 e. The summed E-state index contributed by atoms with van der Waals surface area (Å²) in [6.07, 6.45) is 2.47. The molecule has 1 aromatic carbocycles. The highest BCUT2D eigenvalue weighted by molar-refractivity contribution is 7.89. The van der Waals surface area contributed by atoms with E-state index >= 15 is 0 Å². The van der Waals surface area contributed by atoms with Gasteiger partial charge >= 0.3 is 0 Å². The molecule has 3 heterocycles. The third-order valence-electron chi connectivity index (χ3n) is 5.36. The average Bonchev–Trinajstić information content (AvgIpc) is 3.43. The first-order chi connectivity index (χ1) is 14.1. The quantitative estimate of drug-likeness (QED) is 0.637. The van der Waals surface area contributed by atoms with Crippen molar-refractivity contribution in [1.29, 1.82) is 0 Å². The van der Waals surface area contributed by atoms with Gasteiger partial charge in [-0.15, -0.1) is 11.3 Å². The number of benzene rings is 1. The molecule has 1 aromatic heterocycles. The van der Waals surface area contributed by atoms with Gasteiger partial charge in [0.1, 0.15) is 0 Å². The molecule has 0 saturated carbocycles. The van der Waals surface area contributed by atoms with Crippen LogP contribution >= 0.6 is 11.3 Å². The number of sulfonamides is 1. The van der Waals surface area contributed by atoms with Gasteiger partial charge in [0.2, 0.25) is 10.0 Å². The molecule has 0 radical (unpaired) electrons. The van der Waals surface area contributed by atoms with Crippen molar-refractivity contribution in [2.24, 2.45) is 0 Å². The molecule has 1 atom stereocenters. The van der Waals surface area contributed by atoms with Crippen molar-refractivity contribution >= 4 is 21.4 Å². The largest absolute Gasteiger partial charge is 0.379 e. The van der Waals surface area contributed by atoms with E-state index < -0.39 is 10.0 Å². The van der Waals surface area contributed by atoms with Crippen LogP contribution in [0.3, 0.4) is 0 Å². The van der Waals surface area contributed by atoms with Gasteiger partial charge in [-0.3, -0.25) is 4.90 Å². The van der Waals surface area contributed by atoms with Crippen molar-refractivity contribution in [2.75, 3.05) is 39.5 Å². The van der Waals surface area contributed by atoms with E-state index in [0.29, 0.717) is 37.7 Å². The van der Waals surface area contributed by atoms with Crippen LogP contribution in [-0.4, -0.2) is 63.2 Å². The summed E-state index contributed by atoms with van der Waals surface area (Å²) in [5, 5.41) is 2.09. The van der Waals surface area contributed by atoms with Crippen molar-refractivity contribution in [3.8, 4) is 0 Å². The maximum absolute atomic E-state index is 13.0. The molecule has 2 aromatic rings. The van der Waals surface area contributed by atoms with Gasteiger partial charge in [-0.2, -0.15) is 4.31 Å². The summed E-state index contributed by atoms with van der Waals surface area (Å²) < 4.78 is 38.7. The van der Waals surface area contributed by atoms with E-state index in [1.165, 1.54) is 9.18 Å². The summed E-state index contributed by atoms with van der Waals surface area (Å²) in [6.45, 7) is 4.97. The number of hydrogen-bond acceptors (Lipinski definition) is 6. The molecule has 158 valence electrons. The second-order valence-electron chi connectivity index (χ2n) is 7.55. The monoisotopic (exact) mass is 436 g/mol. The predicted octanol–water partition coefficient (Wildman–Crippen LogP) is 2.95. The molecule has 8 heteroatoms. The Morgan fingerprint density at radius 3 is 2.69 bits per heavy atom. The van der Waals surface area contributed by atoms with Gasteiger partial charge in [-0.25, -0.2) is 8.42 Å². The van der Waals surface area contributed by atoms with Gasteiger partial charge in [0.15, 0.2) is 0 Å². The Kier molecular flexibility index (Phi) is 7.00. The standard InChI is InChI=1S/C21H28N2O4S2/c24-29(25,23-8-11-26-12-9-23)21-7-1-4-18(14-21)15-22(16-19-5-2-10-27-19)17-20-6-3-13-28-20/h1,3-4,6-7,13-14,19H,2,5,8-12,15-17H2. The Bertz CT molecular complexity index is 874. The summed E-state index contributed by atoms with van der Waals surface area (Å²) in [6, 6.07) is 11.6. The second kappa shape index (κ2) is 9.68. The maximum Gasteiger partial charge on any atom is 0.243 e. The summed E-state index contributed by atoms with van der Waals surface area (Å²) in [4.78, 5) is 4.03. The van der Waals surface area contributed by atoms with Gasteiger partial charge in [-0.05, 0) is 42.0 Å². The molecule has 0 amide bonds. The lowest BCUT2D eigenvalue weighted by Crippen LogP contribution is -2.40. The zero-order chi connectivity index (χ0) is 20.1. The van der Waals surface area contributed by atoms with Crippen LogP contribution in [-0.2, 0) is 32.6 Å². The van der Waals surface area contributed by atoms with Crippen LogP contribution < -0.4 is 0 Å². The Morgan fingerprint density at radius 2 is 1.97 bits per heavy atom. The number of ether oxygens (including phenoxy) is 2. The third-order valence-corrected chi connectivity index (χ3v) is 8.11. The van der Waals surface area contributed by atoms with Gasteiger partial charge in [0.25, 0.3) is 0 Å². The molecule has 0 N–H and O–H groups in total. The third kappa shape index (κ3) is 5.45. The Balaban J connectivity index is 1.50. The van der Waals surface area contributed by atoms with Gasteiger partial charge in [0.05, 0.1) is 24.2 Å². The molecule has 2 saturated heterocycles. The number of thiophene rings is 1. The molecule has 2 fully saturated rings. The average molecular weight is 437 g/mol. The fourth-order valence-corrected chi connectivity index (χ4v) is 6.11. The van der Waals surface area contributed by atoms with E-state index in [4.69, 9.17) is 9.47 Å². The molecule has 2 aliphatic rings. The molecule has 0 bridgehead atoms. The van der Waals surface area contributed by atoms with E-state index in [9.17, 15) is 8.42 Å². The maximum atomic E-state index is 13.0. The predicted molar refractivity (Wildman–Crippen MR) is 113 cm³/mol. The van der Waals surface area contributed by atoms with E-state index in [0.717, 1.165) is 38.1 Å². The van der Waals surface area contributed by atoms with Crippen LogP contribution in [0.5, 0.6) is 0 Å². The molecule has 29 heavy (non-hydrogen) atoms. The van der Waals surface area contributed by atoms with Crippen molar-refractivity contribution in [3.05, 3.63) is 52.2 Å². The Labute approximate surface area is 177 Å². The highest BCUT2D eigenvalue weighted by atomic mass is 32.2. The van der Waals surface area contributed by atoms with Crippen LogP contribution in [0, 0.1) is 0 Å². The first-order valence-electron chi connectivity index (χ1n) is 10.1. The highest BCUT2D eigenvalue weighted by Crippen LogP contribution is 2.22. The first kappa shape index (κ1) is 21.0. The number of rotatable bonds is 8. The van der Waals surface area contributed by atoms with Gasteiger partial charge in [-0.1, -0.05) is 18.2 Å². The molecular weight excluding hydrogens is 408 g/mol. The first-order valence-corrected chi connectivity index (χ1v) is 12.5. The molecular formula is C21H28N2O4S2. The van der Waals surface area contributed by atoms with Crippen LogP contribution in [0.25, 0.3) is 0 Å². The zero-order valence-corrected chi connectivity index (χ0v) is 18.2. The fourth-order valence-electron chi connectivity index (χ4n) is 3.88. The Morgan fingerprint density at radius 1 is 1.10 bits per heavy atom. The lowest BCUT2D eigenvalue weighted by Gasteiger charge is -2.27. The Hall–Kier alpha value is -1.29. The SMILES string of the molecule is O=S(=O)(c1cccc(CN(Cc2cccs2)CC2CCCO2)c1)N1CCOCC1. The topological polar surface area (TPSA) is 59.1 Å². The summed E-state index contributed by atoms with van der Waals surface area (Å²) in [7, 11) is -3.48. The molecule has 6 nitrogen and oxygen atoms in total. The minimum atomic E-state index is -3.48. The molecule has 4 rings (SSSR count). The van der Waals surface area contributed by atoms with Gasteiger partial charge < -0.3 is 9.47 Å². The van der Waals surface area contributed by atoms with Crippen molar-refractivity contribution in [2.45, 2.75) is 36.9 Å². The van der Waals surface area contributed by atoms with Crippen LogP contribution in [0.4, 0.5) is 0 Å². The van der Waals surface area contributed by atoms with E-state index in [2.05, 4.69) is 22.4 Å². The van der Waals surface area contributed by atoms with E-state index in [1.807, 2.05) is 18.2 Å². The number of morpholine rings is 1. The molecule has 0 aliphatic carbocycles. The zero-order valence-electron chi connectivity index (χ0n) is 16.5. The fraction of sp³-hybridized carbons (Fsp3) is 0.524. The smallest absolute Gasteiger partial charge is 0.243 e. The number of nitrogens with zero attached hydrogens (tertiary/aromatic N) is 2. The molecule has 2 aliphatic heterocycles. The normalized spacial score (nSPS) is 21.1. The van der Waals surface area contributed by atoms with E-state index in [-0.39, 0.29) is 6.10 Å². The van der Waals surface area contributed by atoms with Gasteiger partial charge in [0, 0.05) is 44.2 Å². The summed E-state index contributed by atoms with van der Waals surface area (Å²) in [5.74, 6) is 0. The lowest BCUT2D eigenvalue weighted by atomic mass is 10.2. The molecule has 1 unspecified atom stereocenters. The highest BCUT2D eigenvalue weighted by Gasteiger charge is 2.27. The van der Waals surface area contributed by atoms with Crippen LogP contribution in [0.1, 0.15) is 23.3 Å². The lowest BCUT2D eigenvalue weighted by molar-refractivity contribution is 0.0682. The van der Waals surface area contributed by atoms with Crippen molar-refractivity contribution < 1.29 is 17.9 Å². The second-order valence-corrected chi connectivity index (χ2v) is 10.5. The van der Waals surface area contributed by atoms with Crippen molar-refractivity contribution in [3.63, 3.8) is 0 Å². The van der Waals surface area contributed by atoms with Crippen LogP contribution in [0.15, 0.2) is 46.7 Å². The minimum absolute atomic E-state index is 0.259. The van der Waals surface area contributed by atoms with Crippen LogP contribution in [0.2, 0.25) is 0 Å². The van der Waals surface area contributed by atoms with E-state index in [1.54, 1.807) is 17.4 Å².